The Balaban J connectivity index is 2.30. The van der Waals surface area contributed by atoms with Gasteiger partial charge in [-0.25, -0.2) is 4.98 Å². The quantitative estimate of drug-likeness (QED) is 0.722. The molecule has 2 aromatic rings. The predicted molar refractivity (Wildman–Crippen MR) is 59.8 cm³/mol. The zero-order valence-electron chi connectivity index (χ0n) is 8.47. The van der Waals surface area contributed by atoms with Crippen LogP contribution in [-0.2, 0) is 7.05 Å². The minimum atomic E-state index is -0.502. The van der Waals surface area contributed by atoms with E-state index in [1.807, 2.05) is 7.05 Å². The van der Waals surface area contributed by atoms with Gasteiger partial charge in [-0.3, -0.25) is 9.48 Å². The van der Waals surface area contributed by atoms with Gasteiger partial charge in [0.25, 0.3) is 5.91 Å². The first-order chi connectivity index (χ1) is 7.66. The van der Waals surface area contributed by atoms with Crippen LogP contribution in [0.25, 0.3) is 0 Å². The number of primary amides is 1. The maximum Gasteiger partial charge on any atom is 0.261 e. The summed E-state index contributed by atoms with van der Waals surface area (Å²) in [5.41, 5.74) is 7.92. The second-order valence-corrected chi connectivity index (χ2v) is 3.90. The van der Waals surface area contributed by atoms with E-state index in [0.29, 0.717) is 10.6 Å². The average molecular weight is 232 g/mol. The monoisotopic (exact) mass is 232 g/mol. The van der Waals surface area contributed by atoms with Crippen LogP contribution in [0.2, 0.25) is 0 Å². The highest BCUT2D eigenvalue weighted by Gasteiger charge is 2.08. The fraction of sp³-hybridized carbons (Fsp3) is 0.100. The Kier molecular flexibility index (Phi) is 2.70. The Hall–Kier alpha value is -2.13. The lowest BCUT2D eigenvalue weighted by Crippen LogP contribution is -2.10. The molecule has 0 fully saturated rings. The van der Waals surface area contributed by atoms with Crippen LogP contribution in [0.15, 0.2) is 17.9 Å². The van der Waals surface area contributed by atoms with E-state index in [0.717, 1.165) is 5.56 Å². The summed E-state index contributed by atoms with van der Waals surface area (Å²) in [6, 6.07) is 0. The second-order valence-electron chi connectivity index (χ2n) is 3.05. The number of aryl methyl sites for hydroxylation is 1. The SMILES string of the molecule is Cn1cc(C#Cc2ncsc2C(N)=O)cn1. The van der Waals surface area contributed by atoms with Crippen molar-refractivity contribution >= 4 is 17.2 Å². The number of nitrogens with zero attached hydrogens (tertiary/aromatic N) is 3. The van der Waals surface area contributed by atoms with Gasteiger partial charge in [0.2, 0.25) is 0 Å². The van der Waals surface area contributed by atoms with Crippen molar-refractivity contribution in [3.05, 3.63) is 34.0 Å². The zero-order chi connectivity index (χ0) is 11.5. The van der Waals surface area contributed by atoms with Crippen molar-refractivity contribution in [1.29, 1.82) is 0 Å². The molecule has 6 heteroatoms. The summed E-state index contributed by atoms with van der Waals surface area (Å²) in [6.07, 6.45) is 3.42. The Morgan fingerprint density at radius 3 is 3.00 bits per heavy atom. The van der Waals surface area contributed by atoms with Gasteiger partial charge in [0.1, 0.15) is 10.6 Å². The summed E-state index contributed by atoms with van der Waals surface area (Å²) in [7, 11) is 1.81. The van der Waals surface area contributed by atoms with E-state index in [4.69, 9.17) is 5.73 Å². The van der Waals surface area contributed by atoms with Gasteiger partial charge in [-0.15, -0.1) is 11.3 Å². The van der Waals surface area contributed by atoms with Gasteiger partial charge in [0.15, 0.2) is 0 Å². The highest BCUT2D eigenvalue weighted by atomic mass is 32.1. The van der Waals surface area contributed by atoms with Crippen LogP contribution in [0, 0.1) is 11.8 Å². The normalized spacial score (nSPS) is 9.56. The first kappa shape index (κ1) is 10.4. The summed E-state index contributed by atoms with van der Waals surface area (Å²) in [5, 5.41) is 3.98. The molecule has 0 aliphatic heterocycles. The summed E-state index contributed by atoms with van der Waals surface area (Å²) >= 11 is 1.19. The van der Waals surface area contributed by atoms with Gasteiger partial charge in [-0.05, 0) is 5.92 Å². The number of carbonyl (C=O) groups excluding carboxylic acids is 1. The molecule has 0 aliphatic carbocycles. The Bertz CT molecular complexity index is 587. The van der Waals surface area contributed by atoms with Gasteiger partial charge in [-0.2, -0.15) is 5.10 Å². The number of hydrogen-bond donors (Lipinski definition) is 1. The van der Waals surface area contributed by atoms with Crippen LogP contribution in [0.3, 0.4) is 0 Å². The van der Waals surface area contributed by atoms with Gasteiger partial charge < -0.3 is 5.73 Å². The first-order valence-electron chi connectivity index (χ1n) is 4.41. The summed E-state index contributed by atoms with van der Waals surface area (Å²) in [6.45, 7) is 0. The maximum atomic E-state index is 11.0. The molecule has 2 rings (SSSR count). The molecule has 0 aliphatic rings. The van der Waals surface area contributed by atoms with Crippen molar-refractivity contribution in [1.82, 2.24) is 14.8 Å². The topological polar surface area (TPSA) is 73.8 Å². The molecule has 2 heterocycles. The molecule has 16 heavy (non-hydrogen) atoms. The van der Waals surface area contributed by atoms with Crippen molar-refractivity contribution < 1.29 is 4.79 Å². The second kappa shape index (κ2) is 4.16. The molecule has 80 valence electrons. The molecule has 0 saturated carbocycles. The fourth-order valence-corrected chi connectivity index (χ4v) is 1.72. The predicted octanol–water partition coefficient (Wildman–Crippen LogP) is 0.375. The van der Waals surface area contributed by atoms with E-state index < -0.39 is 5.91 Å². The summed E-state index contributed by atoms with van der Waals surface area (Å²) in [5.74, 6) is 5.16. The molecule has 0 atom stereocenters. The molecule has 0 bridgehead atoms. The van der Waals surface area contributed by atoms with E-state index >= 15 is 0 Å². The lowest BCUT2D eigenvalue weighted by molar-refractivity contribution is 0.100. The van der Waals surface area contributed by atoms with E-state index in [-0.39, 0.29) is 0 Å². The van der Waals surface area contributed by atoms with E-state index in [1.165, 1.54) is 11.3 Å². The smallest absolute Gasteiger partial charge is 0.261 e. The number of rotatable bonds is 1. The summed E-state index contributed by atoms with van der Waals surface area (Å²) in [4.78, 5) is 15.4. The third-order valence-electron chi connectivity index (χ3n) is 1.82. The third kappa shape index (κ3) is 2.10. The lowest BCUT2D eigenvalue weighted by Gasteiger charge is -1.86. The lowest BCUT2D eigenvalue weighted by atomic mass is 10.3. The average Bonchev–Trinajstić information content (AvgIpc) is 2.83. The van der Waals surface area contributed by atoms with Crippen LogP contribution < -0.4 is 5.73 Å². The number of hydrogen-bond acceptors (Lipinski definition) is 4. The standard InChI is InChI=1S/C10H8N4OS/c1-14-5-7(4-13-14)2-3-8-9(10(11)15)16-6-12-8/h4-6H,1H3,(H2,11,15). The van der Waals surface area contributed by atoms with Gasteiger partial charge in [0, 0.05) is 13.2 Å². The van der Waals surface area contributed by atoms with Crippen molar-refractivity contribution in [2.24, 2.45) is 12.8 Å². The number of thiazole rings is 1. The molecule has 0 saturated heterocycles. The van der Waals surface area contributed by atoms with Gasteiger partial charge in [0.05, 0.1) is 17.3 Å². The number of aromatic nitrogens is 3. The minimum Gasteiger partial charge on any atom is -0.365 e. The number of amides is 1. The van der Waals surface area contributed by atoms with Crippen molar-refractivity contribution in [3.63, 3.8) is 0 Å². The van der Waals surface area contributed by atoms with E-state index in [9.17, 15) is 4.79 Å². The molecule has 0 unspecified atom stereocenters. The maximum absolute atomic E-state index is 11.0. The molecule has 1 amide bonds. The Labute approximate surface area is 95.9 Å². The largest absolute Gasteiger partial charge is 0.365 e. The third-order valence-corrected chi connectivity index (χ3v) is 2.66. The van der Waals surface area contributed by atoms with Crippen molar-refractivity contribution in [3.8, 4) is 11.8 Å². The molecule has 0 aromatic carbocycles. The minimum absolute atomic E-state index is 0.386. The van der Waals surface area contributed by atoms with E-state index in [2.05, 4.69) is 21.9 Å². The van der Waals surface area contributed by atoms with Crippen molar-refractivity contribution in [2.75, 3.05) is 0 Å². The summed E-state index contributed by atoms with van der Waals surface area (Å²) < 4.78 is 1.65. The highest BCUT2D eigenvalue weighted by Crippen LogP contribution is 2.11. The zero-order valence-corrected chi connectivity index (χ0v) is 9.28. The Morgan fingerprint density at radius 1 is 1.56 bits per heavy atom. The number of nitrogens with two attached hydrogens (primary N) is 1. The Morgan fingerprint density at radius 2 is 2.38 bits per heavy atom. The molecule has 0 spiro atoms. The number of carbonyl (C=O) groups is 1. The van der Waals surface area contributed by atoms with Crippen molar-refractivity contribution in [2.45, 2.75) is 0 Å². The van der Waals surface area contributed by atoms with E-state index in [1.54, 1.807) is 22.6 Å². The molecule has 5 nitrogen and oxygen atoms in total. The fourth-order valence-electron chi connectivity index (χ4n) is 1.13. The van der Waals surface area contributed by atoms with Crippen LogP contribution in [-0.4, -0.2) is 20.7 Å². The molecule has 2 aromatic heterocycles. The highest BCUT2D eigenvalue weighted by molar-refractivity contribution is 7.11. The molecule has 0 radical (unpaired) electrons. The molecule has 2 N–H and O–H groups in total. The van der Waals surface area contributed by atoms with Crippen LogP contribution in [0.1, 0.15) is 20.9 Å². The van der Waals surface area contributed by atoms with Gasteiger partial charge in [-0.1, -0.05) is 5.92 Å². The molecular formula is C10H8N4OS. The molecular weight excluding hydrogens is 224 g/mol. The van der Waals surface area contributed by atoms with Crippen LogP contribution in [0.5, 0.6) is 0 Å². The van der Waals surface area contributed by atoms with Crippen LogP contribution in [0.4, 0.5) is 0 Å². The van der Waals surface area contributed by atoms with Crippen LogP contribution >= 0.6 is 11.3 Å². The van der Waals surface area contributed by atoms with Gasteiger partial charge >= 0.3 is 0 Å². The first-order valence-corrected chi connectivity index (χ1v) is 5.29.